The topological polar surface area (TPSA) is 39.1 Å². The molecular weight excluding hydrogens is 224 g/mol. The molecule has 2 rings (SSSR count). The molecule has 3 nitrogen and oxygen atoms in total. The Balaban J connectivity index is 2.09. The second kappa shape index (κ2) is 5.21. The summed E-state index contributed by atoms with van der Waals surface area (Å²) >= 11 is 0. The van der Waals surface area contributed by atoms with Crippen LogP contribution >= 0.6 is 0 Å². The van der Waals surface area contributed by atoms with Crippen LogP contribution in [0.15, 0.2) is 18.2 Å². The molecular formula is C12H13F2N3. The SMILES string of the molecule is N#CC1CNCCN1Cc1ccc(F)c(F)c1. The maximum atomic E-state index is 13.0. The van der Waals surface area contributed by atoms with E-state index < -0.39 is 11.6 Å². The Labute approximate surface area is 98.6 Å². The Morgan fingerprint density at radius 2 is 2.24 bits per heavy atom. The predicted octanol–water partition coefficient (Wildman–Crippen LogP) is 1.26. The molecule has 0 radical (unpaired) electrons. The molecule has 90 valence electrons. The molecule has 0 spiro atoms. The predicted molar refractivity (Wildman–Crippen MR) is 59.0 cm³/mol. The summed E-state index contributed by atoms with van der Waals surface area (Å²) in [7, 11) is 0. The van der Waals surface area contributed by atoms with Crippen molar-refractivity contribution in [2.45, 2.75) is 12.6 Å². The molecule has 1 aromatic rings. The van der Waals surface area contributed by atoms with Crippen LogP contribution < -0.4 is 5.32 Å². The number of nitrogens with zero attached hydrogens (tertiary/aromatic N) is 2. The van der Waals surface area contributed by atoms with E-state index in [4.69, 9.17) is 5.26 Å². The average Bonchev–Trinajstić information content (AvgIpc) is 2.34. The third-order valence-electron chi connectivity index (χ3n) is 2.87. The van der Waals surface area contributed by atoms with Crippen LogP contribution in [-0.2, 0) is 6.54 Å². The van der Waals surface area contributed by atoms with Crippen LogP contribution in [0.1, 0.15) is 5.56 Å². The van der Waals surface area contributed by atoms with Crippen molar-refractivity contribution in [3.05, 3.63) is 35.4 Å². The van der Waals surface area contributed by atoms with Crippen molar-refractivity contribution in [1.82, 2.24) is 10.2 Å². The van der Waals surface area contributed by atoms with Crippen LogP contribution in [0.5, 0.6) is 0 Å². The van der Waals surface area contributed by atoms with Crippen LogP contribution in [0.25, 0.3) is 0 Å². The summed E-state index contributed by atoms with van der Waals surface area (Å²) in [6.07, 6.45) is 0. The van der Waals surface area contributed by atoms with Gasteiger partial charge in [0.1, 0.15) is 6.04 Å². The summed E-state index contributed by atoms with van der Waals surface area (Å²) in [5, 5.41) is 12.1. The van der Waals surface area contributed by atoms with Gasteiger partial charge in [-0.2, -0.15) is 5.26 Å². The highest BCUT2D eigenvalue weighted by molar-refractivity contribution is 5.18. The highest BCUT2D eigenvalue weighted by Gasteiger charge is 2.21. The van der Waals surface area contributed by atoms with Crippen molar-refractivity contribution >= 4 is 0 Å². The largest absolute Gasteiger partial charge is 0.313 e. The first kappa shape index (κ1) is 12.0. The molecule has 5 heteroatoms. The maximum Gasteiger partial charge on any atom is 0.159 e. The normalized spacial score (nSPS) is 21.1. The fraction of sp³-hybridized carbons (Fsp3) is 0.417. The van der Waals surface area contributed by atoms with Crippen molar-refractivity contribution < 1.29 is 8.78 Å². The van der Waals surface area contributed by atoms with Gasteiger partial charge in [0.25, 0.3) is 0 Å². The van der Waals surface area contributed by atoms with Gasteiger partial charge in [-0.05, 0) is 17.7 Å². The van der Waals surface area contributed by atoms with E-state index in [0.717, 1.165) is 19.2 Å². The highest BCUT2D eigenvalue weighted by atomic mass is 19.2. The molecule has 1 aromatic carbocycles. The fourth-order valence-electron chi connectivity index (χ4n) is 1.94. The minimum absolute atomic E-state index is 0.211. The van der Waals surface area contributed by atoms with E-state index in [9.17, 15) is 8.78 Å². The summed E-state index contributed by atoms with van der Waals surface area (Å²) in [4.78, 5) is 1.96. The van der Waals surface area contributed by atoms with Gasteiger partial charge in [-0.15, -0.1) is 0 Å². The van der Waals surface area contributed by atoms with E-state index in [-0.39, 0.29) is 6.04 Å². The van der Waals surface area contributed by atoms with E-state index in [1.165, 1.54) is 6.07 Å². The Hall–Kier alpha value is -1.51. The standard InChI is InChI=1S/C12H13F2N3/c13-11-2-1-9(5-12(11)14)8-17-4-3-16-7-10(17)6-15/h1-2,5,10,16H,3-4,7-8H2. The molecule has 1 atom stereocenters. The van der Waals surface area contributed by atoms with Gasteiger partial charge in [-0.25, -0.2) is 8.78 Å². The number of rotatable bonds is 2. The van der Waals surface area contributed by atoms with Gasteiger partial charge < -0.3 is 5.32 Å². The zero-order valence-corrected chi connectivity index (χ0v) is 9.29. The van der Waals surface area contributed by atoms with Crippen molar-refractivity contribution in [2.75, 3.05) is 19.6 Å². The zero-order chi connectivity index (χ0) is 12.3. The number of nitriles is 1. The smallest absolute Gasteiger partial charge is 0.159 e. The first-order valence-corrected chi connectivity index (χ1v) is 5.49. The number of piperazine rings is 1. The second-order valence-electron chi connectivity index (χ2n) is 4.07. The molecule has 0 aromatic heterocycles. The summed E-state index contributed by atoms with van der Waals surface area (Å²) in [5.74, 6) is -1.68. The van der Waals surface area contributed by atoms with E-state index >= 15 is 0 Å². The van der Waals surface area contributed by atoms with Crippen LogP contribution in [0.3, 0.4) is 0 Å². The van der Waals surface area contributed by atoms with Crippen molar-refractivity contribution in [3.8, 4) is 6.07 Å². The number of halogens is 2. The van der Waals surface area contributed by atoms with Crippen molar-refractivity contribution in [3.63, 3.8) is 0 Å². The lowest BCUT2D eigenvalue weighted by molar-refractivity contribution is 0.189. The third-order valence-corrected chi connectivity index (χ3v) is 2.87. The van der Waals surface area contributed by atoms with Gasteiger partial charge in [0.2, 0.25) is 0 Å². The Morgan fingerprint density at radius 1 is 1.41 bits per heavy atom. The van der Waals surface area contributed by atoms with Gasteiger partial charge in [-0.3, -0.25) is 4.90 Å². The summed E-state index contributed by atoms with van der Waals surface area (Å²) in [6.45, 7) is 2.62. The minimum atomic E-state index is -0.842. The molecule has 0 saturated carbocycles. The summed E-state index contributed by atoms with van der Waals surface area (Å²) < 4.78 is 25.8. The summed E-state index contributed by atoms with van der Waals surface area (Å²) in [5.41, 5.74) is 0.686. The van der Waals surface area contributed by atoms with Crippen molar-refractivity contribution in [2.24, 2.45) is 0 Å². The Morgan fingerprint density at radius 3 is 2.94 bits per heavy atom. The van der Waals surface area contributed by atoms with Gasteiger partial charge in [-0.1, -0.05) is 6.07 Å². The molecule has 0 bridgehead atoms. The van der Waals surface area contributed by atoms with Gasteiger partial charge in [0.15, 0.2) is 11.6 Å². The molecule has 0 aliphatic carbocycles. The molecule has 1 aliphatic rings. The summed E-state index contributed by atoms with van der Waals surface area (Å²) in [6, 6.07) is 5.84. The number of nitrogens with one attached hydrogen (secondary N) is 1. The lowest BCUT2D eigenvalue weighted by Gasteiger charge is -2.31. The molecule has 0 amide bonds. The first-order chi connectivity index (χ1) is 8.20. The number of benzene rings is 1. The molecule has 1 fully saturated rings. The van der Waals surface area contributed by atoms with Crippen LogP contribution in [0.2, 0.25) is 0 Å². The van der Waals surface area contributed by atoms with E-state index in [0.29, 0.717) is 18.7 Å². The van der Waals surface area contributed by atoms with E-state index in [1.807, 2.05) is 4.90 Å². The highest BCUT2D eigenvalue weighted by Crippen LogP contribution is 2.13. The van der Waals surface area contributed by atoms with Crippen LogP contribution in [0.4, 0.5) is 8.78 Å². The Kier molecular flexibility index (Phi) is 3.67. The van der Waals surface area contributed by atoms with Gasteiger partial charge in [0, 0.05) is 26.2 Å². The average molecular weight is 237 g/mol. The monoisotopic (exact) mass is 237 g/mol. The van der Waals surface area contributed by atoms with Gasteiger partial charge in [0.05, 0.1) is 6.07 Å². The number of hydrogen-bond donors (Lipinski definition) is 1. The lowest BCUT2D eigenvalue weighted by atomic mass is 10.1. The first-order valence-electron chi connectivity index (χ1n) is 5.49. The zero-order valence-electron chi connectivity index (χ0n) is 9.29. The van der Waals surface area contributed by atoms with E-state index in [1.54, 1.807) is 6.07 Å². The Bertz CT molecular complexity index is 442. The molecule has 1 unspecified atom stereocenters. The number of hydrogen-bond acceptors (Lipinski definition) is 3. The second-order valence-corrected chi connectivity index (χ2v) is 4.07. The third kappa shape index (κ3) is 2.78. The van der Waals surface area contributed by atoms with Crippen molar-refractivity contribution in [1.29, 1.82) is 5.26 Å². The quantitative estimate of drug-likeness (QED) is 0.841. The molecule has 1 N–H and O–H groups in total. The molecule has 1 heterocycles. The van der Waals surface area contributed by atoms with E-state index in [2.05, 4.69) is 11.4 Å². The van der Waals surface area contributed by atoms with Crippen LogP contribution in [-0.4, -0.2) is 30.6 Å². The maximum absolute atomic E-state index is 13.0. The minimum Gasteiger partial charge on any atom is -0.313 e. The fourth-order valence-corrected chi connectivity index (χ4v) is 1.94. The lowest BCUT2D eigenvalue weighted by Crippen LogP contribution is -2.49. The molecule has 1 saturated heterocycles. The van der Waals surface area contributed by atoms with Gasteiger partial charge >= 0.3 is 0 Å². The molecule has 17 heavy (non-hydrogen) atoms. The molecule has 1 aliphatic heterocycles. The van der Waals surface area contributed by atoms with Crippen LogP contribution in [0, 0.1) is 23.0 Å².